The lowest BCUT2D eigenvalue weighted by Gasteiger charge is -2.04. The molecule has 2 aromatic rings. The molecule has 0 amide bonds. The molecule has 5 heteroatoms. The summed E-state index contributed by atoms with van der Waals surface area (Å²) >= 11 is 14.4. The van der Waals surface area contributed by atoms with Gasteiger partial charge >= 0.3 is 0 Å². The molecule has 0 N–H and O–H groups in total. The van der Waals surface area contributed by atoms with E-state index in [0.717, 1.165) is 13.8 Å². The van der Waals surface area contributed by atoms with Crippen LogP contribution in [0.25, 0.3) is 0 Å². The number of carbonyl (C=O) groups excluding carboxylic acids is 1. The molecule has 1 aromatic carbocycles. The van der Waals surface area contributed by atoms with E-state index >= 15 is 0 Å². The highest BCUT2D eigenvalue weighted by Gasteiger charge is 2.14. The van der Waals surface area contributed by atoms with Crippen LogP contribution in [0.4, 0.5) is 0 Å². The minimum absolute atomic E-state index is 0.0273. The summed E-state index contributed by atoms with van der Waals surface area (Å²) in [5.41, 5.74) is 0.557. The number of benzene rings is 1. The van der Waals surface area contributed by atoms with Crippen LogP contribution in [0, 0.1) is 0 Å². The van der Waals surface area contributed by atoms with Gasteiger partial charge in [0, 0.05) is 25.8 Å². The Balaban J connectivity index is 2.27. The smallest absolute Gasteiger partial charge is 0.169 e. The molecule has 0 unspecified atom stereocenters. The molecule has 0 bridgehead atoms. The van der Waals surface area contributed by atoms with Crippen LogP contribution in [0.2, 0.25) is 5.02 Å². The minimum atomic E-state index is 0.0273. The summed E-state index contributed by atoms with van der Waals surface area (Å²) in [5.74, 6) is 0.0273. The summed E-state index contributed by atoms with van der Waals surface area (Å²) in [6.45, 7) is 0. The predicted molar refractivity (Wildman–Crippen MR) is 79.2 cm³/mol. The fourth-order valence-electron chi connectivity index (χ4n) is 1.41. The summed E-state index contributed by atoms with van der Waals surface area (Å²) < 4.78 is 1.72. The second-order valence-electron chi connectivity index (χ2n) is 3.39. The zero-order chi connectivity index (χ0) is 12.4. The first-order valence-corrected chi connectivity index (χ1v) is 7.63. The molecule has 17 heavy (non-hydrogen) atoms. The van der Waals surface area contributed by atoms with Gasteiger partial charge in [-0.25, -0.2) is 0 Å². The van der Waals surface area contributed by atoms with E-state index in [1.54, 1.807) is 17.4 Å². The van der Waals surface area contributed by atoms with Crippen LogP contribution in [0.1, 0.15) is 15.2 Å². The van der Waals surface area contributed by atoms with Gasteiger partial charge in [0.1, 0.15) is 0 Å². The van der Waals surface area contributed by atoms with Gasteiger partial charge in [-0.1, -0.05) is 17.7 Å². The lowest BCUT2D eigenvalue weighted by Crippen LogP contribution is -2.03. The van der Waals surface area contributed by atoms with Crippen molar-refractivity contribution >= 4 is 60.6 Å². The van der Waals surface area contributed by atoms with Gasteiger partial charge in [0.25, 0.3) is 0 Å². The van der Waals surface area contributed by atoms with Gasteiger partial charge in [0.2, 0.25) is 0 Å². The first-order valence-electron chi connectivity index (χ1n) is 4.78. The largest absolute Gasteiger partial charge is 0.294 e. The van der Waals surface area contributed by atoms with Crippen LogP contribution < -0.4 is 0 Å². The molecule has 0 aliphatic carbocycles. The summed E-state index contributed by atoms with van der Waals surface area (Å²) in [5, 5.41) is 2.43. The van der Waals surface area contributed by atoms with Crippen LogP contribution in [0.5, 0.6) is 0 Å². The van der Waals surface area contributed by atoms with E-state index in [1.165, 1.54) is 0 Å². The topological polar surface area (TPSA) is 17.1 Å². The Kier molecular flexibility index (Phi) is 4.42. The van der Waals surface area contributed by atoms with Gasteiger partial charge in [0.15, 0.2) is 5.78 Å². The lowest BCUT2D eigenvalue weighted by atomic mass is 10.1. The second kappa shape index (κ2) is 5.65. The van der Waals surface area contributed by atoms with Crippen molar-refractivity contribution < 1.29 is 4.79 Å². The molecule has 2 rings (SSSR count). The Labute approximate surface area is 125 Å². The van der Waals surface area contributed by atoms with Crippen molar-refractivity contribution in [3.8, 4) is 0 Å². The van der Waals surface area contributed by atoms with Crippen molar-refractivity contribution in [3.63, 3.8) is 0 Å². The molecule has 0 radical (unpaired) electrons. The standard InChI is InChI=1S/C12H7Br2ClOS/c13-8-4-5-17-11(8)6-10(16)7-2-1-3-9(14)12(7)15/h1-5H,6H2. The fourth-order valence-corrected chi connectivity index (χ4v) is 3.50. The monoisotopic (exact) mass is 392 g/mol. The average Bonchev–Trinajstić information content (AvgIpc) is 2.68. The summed E-state index contributed by atoms with van der Waals surface area (Å²) in [6, 6.07) is 7.32. The number of halogens is 3. The van der Waals surface area contributed by atoms with Gasteiger partial charge in [0.05, 0.1) is 5.02 Å². The molecule has 0 saturated carbocycles. The first-order chi connectivity index (χ1) is 8.09. The van der Waals surface area contributed by atoms with Gasteiger partial charge in [-0.15, -0.1) is 11.3 Å². The number of Topliss-reactive ketones (excluding diaryl/α,β-unsaturated/α-hetero) is 1. The van der Waals surface area contributed by atoms with Crippen molar-refractivity contribution in [2.24, 2.45) is 0 Å². The summed E-state index contributed by atoms with van der Waals surface area (Å²) in [4.78, 5) is 13.1. The average molecular weight is 395 g/mol. The maximum atomic E-state index is 12.1. The first kappa shape index (κ1) is 13.3. The van der Waals surface area contributed by atoms with Gasteiger partial charge < -0.3 is 0 Å². The van der Waals surface area contributed by atoms with Crippen molar-refractivity contribution in [1.29, 1.82) is 0 Å². The Hall–Kier alpha value is -0.160. The number of carbonyl (C=O) groups is 1. The molecule has 0 atom stereocenters. The Morgan fingerprint density at radius 1 is 1.24 bits per heavy atom. The molecule has 1 nitrogen and oxygen atoms in total. The summed E-state index contributed by atoms with van der Waals surface area (Å²) in [7, 11) is 0. The molecule has 88 valence electrons. The normalized spacial score (nSPS) is 10.5. The van der Waals surface area contributed by atoms with Crippen molar-refractivity contribution in [3.05, 3.63) is 54.1 Å². The third-order valence-electron chi connectivity index (χ3n) is 2.26. The van der Waals surface area contributed by atoms with Crippen molar-refractivity contribution in [2.75, 3.05) is 0 Å². The Morgan fingerprint density at radius 2 is 2.00 bits per heavy atom. The SMILES string of the molecule is O=C(Cc1sccc1Br)c1cccc(Br)c1Cl. The van der Waals surface area contributed by atoms with Crippen LogP contribution in [-0.2, 0) is 6.42 Å². The second-order valence-corrected chi connectivity index (χ2v) is 6.48. The zero-order valence-electron chi connectivity index (χ0n) is 8.54. The molecule has 0 saturated heterocycles. The van der Waals surface area contributed by atoms with E-state index in [2.05, 4.69) is 31.9 Å². The molecule has 0 spiro atoms. The third kappa shape index (κ3) is 2.99. The Morgan fingerprint density at radius 3 is 2.65 bits per heavy atom. The predicted octanol–water partition coefficient (Wildman–Crippen LogP) is 5.35. The number of ketones is 1. The van der Waals surface area contributed by atoms with Crippen molar-refractivity contribution in [2.45, 2.75) is 6.42 Å². The highest BCUT2D eigenvalue weighted by atomic mass is 79.9. The molecule has 0 aliphatic heterocycles. The number of hydrogen-bond donors (Lipinski definition) is 0. The van der Waals surface area contributed by atoms with Crippen LogP contribution >= 0.6 is 54.8 Å². The molecule has 1 heterocycles. The maximum absolute atomic E-state index is 12.1. The third-order valence-corrected chi connectivity index (χ3v) is 5.49. The van der Waals surface area contributed by atoms with Crippen LogP contribution in [0.15, 0.2) is 38.6 Å². The highest BCUT2D eigenvalue weighted by Crippen LogP contribution is 2.29. The van der Waals surface area contributed by atoms with Gasteiger partial charge in [-0.3, -0.25) is 4.79 Å². The summed E-state index contributed by atoms with van der Waals surface area (Å²) in [6.07, 6.45) is 0.369. The molecular weight excluding hydrogens is 387 g/mol. The fraction of sp³-hybridized carbons (Fsp3) is 0.0833. The quantitative estimate of drug-likeness (QED) is 0.641. The molecular formula is C12H7Br2ClOS. The van der Waals surface area contributed by atoms with E-state index in [1.807, 2.05) is 23.6 Å². The number of thiophene rings is 1. The minimum Gasteiger partial charge on any atom is -0.294 e. The van der Waals surface area contributed by atoms with E-state index < -0.39 is 0 Å². The van der Waals surface area contributed by atoms with Gasteiger partial charge in [-0.05, 0) is 55.4 Å². The van der Waals surface area contributed by atoms with E-state index in [4.69, 9.17) is 11.6 Å². The lowest BCUT2D eigenvalue weighted by molar-refractivity contribution is 0.0994. The van der Waals surface area contributed by atoms with Crippen LogP contribution in [0.3, 0.4) is 0 Å². The van der Waals surface area contributed by atoms with Gasteiger partial charge in [-0.2, -0.15) is 0 Å². The molecule has 0 aliphatic rings. The molecule has 0 fully saturated rings. The van der Waals surface area contributed by atoms with Crippen LogP contribution in [-0.4, -0.2) is 5.78 Å². The molecule has 1 aromatic heterocycles. The van der Waals surface area contributed by atoms with E-state index in [9.17, 15) is 4.79 Å². The van der Waals surface area contributed by atoms with E-state index in [-0.39, 0.29) is 5.78 Å². The van der Waals surface area contributed by atoms with E-state index in [0.29, 0.717) is 17.0 Å². The maximum Gasteiger partial charge on any atom is 0.169 e. The Bertz CT molecular complexity index is 565. The number of rotatable bonds is 3. The highest BCUT2D eigenvalue weighted by molar-refractivity contribution is 9.10. The zero-order valence-corrected chi connectivity index (χ0v) is 13.3. The van der Waals surface area contributed by atoms with Crippen molar-refractivity contribution in [1.82, 2.24) is 0 Å². The number of hydrogen-bond acceptors (Lipinski definition) is 2.